The molecule has 0 bridgehead atoms. The molecule has 0 aliphatic rings. The largest absolute Gasteiger partial charge is 0.394 e. The van der Waals surface area contributed by atoms with Crippen molar-refractivity contribution < 1.29 is 72.4 Å². The Kier molecular flexibility index (Phi) is 14.7. The monoisotopic (exact) mass is 631 g/mol. The van der Waals surface area contributed by atoms with Crippen molar-refractivity contribution in [1.29, 1.82) is 0 Å². The first-order valence-corrected chi connectivity index (χ1v) is 9.97. The predicted molar refractivity (Wildman–Crippen MR) is 85.8 cm³/mol. The van der Waals surface area contributed by atoms with Crippen LogP contribution >= 0.6 is 0 Å². The molecular formula is C12H16F13N4O3Sn-. The van der Waals surface area contributed by atoms with Gasteiger partial charge in [0.15, 0.2) is 0 Å². The number of aliphatic hydroxyl groups is 3. The number of halogens is 13. The zero-order valence-electron chi connectivity index (χ0n) is 15.7. The third-order valence-electron chi connectivity index (χ3n) is 3.45. The van der Waals surface area contributed by atoms with Gasteiger partial charge in [0.2, 0.25) is 0 Å². The van der Waals surface area contributed by atoms with Gasteiger partial charge in [-0.25, -0.2) is 0 Å². The van der Waals surface area contributed by atoms with E-state index >= 15 is 0 Å². The number of hydrogen-bond donors (Lipinski definition) is 4. The summed E-state index contributed by atoms with van der Waals surface area (Å²) in [5.74, 6) is -36.1. The molecule has 33 heavy (non-hydrogen) atoms. The first-order valence-electron chi connectivity index (χ1n) is 7.64. The summed E-state index contributed by atoms with van der Waals surface area (Å²) in [6.07, 6.45) is -9.61. The van der Waals surface area contributed by atoms with E-state index in [0.29, 0.717) is 0 Å². The maximum atomic E-state index is 12.9. The van der Waals surface area contributed by atoms with E-state index in [2.05, 4.69) is 0 Å². The summed E-state index contributed by atoms with van der Waals surface area (Å²) in [4.78, 5) is 1.50. The van der Waals surface area contributed by atoms with E-state index < -0.39 is 94.5 Å². The van der Waals surface area contributed by atoms with Crippen LogP contribution in [-0.2, 0) is 0 Å². The van der Waals surface area contributed by atoms with E-state index in [1.165, 1.54) is 4.91 Å². The van der Waals surface area contributed by atoms with Crippen LogP contribution in [0.3, 0.4) is 0 Å². The number of rotatable bonds is 10. The fourth-order valence-corrected chi connectivity index (χ4v) is 2.09. The Bertz CT molecular complexity index is 609. The maximum absolute atomic E-state index is 12.9. The van der Waals surface area contributed by atoms with Crippen LogP contribution in [0.4, 0.5) is 57.1 Å². The predicted octanol–water partition coefficient (Wildman–Crippen LogP) is 2.61. The summed E-state index contributed by atoms with van der Waals surface area (Å²) in [5.41, 5.74) is 17.4. The van der Waals surface area contributed by atoms with Crippen molar-refractivity contribution >= 4 is 22.5 Å². The minimum absolute atomic E-state index is 0.403. The van der Waals surface area contributed by atoms with Crippen LogP contribution in [-0.4, -0.2) is 105 Å². The standard InChI is InChI=1S/C8H4F13.C4H11NO3.N3.Sn.H/c1-2(9)4(12,13)6(16,17)8(20,21)7(18,19)5(14,15)3(10)11;5-4(1-6,2-7)3-8;1-3-2;;/h2-3H,1H2;6-8H,1-3,5H2;;;/q;;-1;;. The van der Waals surface area contributed by atoms with Gasteiger partial charge >= 0.3 is 126 Å². The Hall–Kier alpha value is -0.961. The minimum atomic E-state index is -7.65. The quantitative estimate of drug-likeness (QED) is 0.0968. The molecule has 0 amide bonds. The second kappa shape index (κ2) is 13.2. The third-order valence-corrected chi connectivity index (χ3v) is 4.63. The number of nitrogens with zero attached hydrogens (tertiary/aromatic N) is 3. The molecule has 0 spiro atoms. The molecule has 0 saturated carbocycles. The van der Waals surface area contributed by atoms with Gasteiger partial charge in [0.1, 0.15) is 0 Å². The van der Waals surface area contributed by atoms with Gasteiger partial charge in [0.05, 0.1) is 25.4 Å². The van der Waals surface area contributed by atoms with Crippen molar-refractivity contribution in [2.75, 3.05) is 19.8 Å². The Balaban J connectivity index is -0.000000677. The SMILES string of the molecule is FC(F)C(F)(F)C(F)(F)C(F)(F)C(F)(F)C(F)(F)C(F)[CH2][SnH].NC(CO)(CO)CO.[N-]=[N+]=[N-]. The first-order chi connectivity index (χ1) is 14.5. The van der Waals surface area contributed by atoms with E-state index in [9.17, 15) is 57.1 Å². The molecule has 0 aliphatic carbocycles. The zero-order chi connectivity index (χ0) is 27.7. The fourth-order valence-electron chi connectivity index (χ4n) is 1.25. The van der Waals surface area contributed by atoms with Crippen LogP contribution in [0.25, 0.3) is 16.0 Å². The Morgan fingerprint density at radius 3 is 1.15 bits per heavy atom. The van der Waals surface area contributed by atoms with Crippen LogP contribution in [0.5, 0.6) is 0 Å². The fraction of sp³-hybridized carbons (Fsp3) is 1.00. The summed E-state index contributed by atoms with van der Waals surface area (Å²) in [5, 5.41) is 25.0. The van der Waals surface area contributed by atoms with Gasteiger partial charge in [0, 0.05) is 0 Å². The average Bonchev–Trinajstić information content (AvgIpc) is 2.72. The molecule has 1 atom stereocenters. The van der Waals surface area contributed by atoms with Gasteiger partial charge in [-0.05, 0) is 0 Å². The van der Waals surface area contributed by atoms with E-state index in [0.717, 1.165) is 0 Å². The van der Waals surface area contributed by atoms with Gasteiger partial charge in [-0.3, -0.25) is 4.91 Å². The molecule has 5 N–H and O–H groups in total. The van der Waals surface area contributed by atoms with Crippen molar-refractivity contribution in [3.63, 3.8) is 0 Å². The van der Waals surface area contributed by atoms with Crippen LogP contribution in [0.15, 0.2) is 0 Å². The van der Waals surface area contributed by atoms with Gasteiger partial charge in [-0.2, -0.15) is 0 Å². The normalized spacial score (nSPS) is 14.5. The molecule has 2 radical (unpaired) electrons. The van der Waals surface area contributed by atoms with E-state index in [1.807, 2.05) is 0 Å². The molecule has 0 aliphatic heterocycles. The molecule has 0 aromatic rings. The van der Waals surface area contributed by atoms with Gasteiger partial charge in [-0.1, -0.05) is 0 Å². The molecule has 0 saturated heterocycles. The Morgan fingerprint density at radius 2 is 0.970 bits per heavy atom. The second-order valence-corrected chi connectivity index (χ2v) is 7.24. The number of alkyl halides is 13. The summed E-state index contributed by atoms with van der Waals surface area (Å²) >= 11 is -0.521. The molecule has 0 fully saturated rings. The molecular weight excluding hydrogens is 614 g/mol. The first kappa shape index (κ1) is 36.6. The number of hydrogen-bond acceptors (Lipinski definition) is 4. The van der Waals surface area contributed by atoms with Gasteiger partial charge in [-0.15, -0.1) is 0 Å². The molecule has 21 heteroatoms. The molecule has 7 nitrogen and oxygen atoms in total. The van der Waals surface area contributed by atoms with Crippen LogP contribution in [0.1, 0.15) is 0 Å². The molecule has 0 heterocycles. The molecule has 0 rings (SSSR count). The summed E-state index contributed by atoms with van der Waals surface area (Å²) in [6, 6.07) is 0. The summed E-state index contributed by atoms with van der Waals surface area (Å²) in [7, 11) is 0. The number of aliphatic hydroxyl groups excluding tert-OH is 3. The average molecular weight is 630 g/mol. The van der Waals surface area contributed by atoms with Crippen LogP contribution in [0.2, 0.25) is 4.44 Å². The zero-order valence-corrected chi connectivity index (χ0v) is 19.0. The molecule has 198 valence electrons. The van der Waals surface area contributed by atoms with Crippen molar-refractivity contribution in [3.05, 3.63) is 16.0 Å². The van der Waals surface area contributed by atoms with Crippen molar-refractivity contribution in [3.8, 4) is 0 Å². The van der Waals surface area contributed by atoms with Gasteiger partial charge in [0.25, 0.3) is 0 Å². The summed E-state index contributed by atoms with van der Waals surface area (Å²) in [6.45, 7) is -1.21. The number of nitrogens with two attached hydrogens (primary N) is 1. The second-order valence-electron chi connectivity index (χ2n) is 5.90. The smallest absolute Gasteiger partial charge is 0.0856 e. The van der Waals surface area contributed by atoms with Crippen molar-refractivity contribution in [2.45, 2.75) is 52.2 Å². The topological polar surface area (TPSA) is 145 Å². The van der Waals surface area contributed by atoms with Crippen LogP contribution < -0.4 is 5.73 Å². The van der Waals surface area contributed by atoms with E-state index in [4.69, 9.17) is 32.1 Å². The molecule has 0 aromatic heterocycles. The van der Waals surface area contributed by atoms with Crippen molar-refractivity contribution in [2.24, 2.45) is 5.73 Å². The Labute approximate surface area is 189 Å². The van der Waals surface area contributed by atoms with Crippen molar-refractivity contribution in [1.82, 2.24) is 0 Å². The van der Waals surface area contributed by atoms with Crippen LogP contribution in [0, 0.1) is 0 Å². The van der Waals surface area contributed by atoms with E-state index in [-0.39, 0.29) is 0 Å². The minimum Gasteiger partial charge on any atom is -0.394 e. The van der Waals surface area contributed by atoms with E-state index in [1.54, 1.807) is 0 Å². The maximum Gasteiger partial charge on any atom is 0.0856 e. The molecule has 0 aromatic carbocycles. The Morgan fingerprint density at radius 1 is 0.697 bits per heavy atom. The summed E-state index contributed by atoms with van der Waals surface area (Å²) < 4.78 is 162. The van der Waals surface area contributed by atoms with Gasteiger partial charge < -0.3 is 32.1 Å². The molecule has 1 unspecified atom stereocenters. The third kappa shape index (κ3) is 7.77.